The molecule has 3 rings (SSSR count). The second kappa shape index (κ2) is 7.18. The Labute approximate surface area is 143 Å². The molecular weight excluding hydrogens is 327 g/mol. The first-order chi connectivity index (χ1) is 11.7. The summed E-state index contributed by atoms with van der Waals surface area (Å²) in [4.78, 5) is 0. The molecule has 0 aliphatic rings. The highest BCUT2D eigenvalue weighted by Crippen LogP contribution is 2.21. The van der Waals surface area contributed by atoms with E-state index >= 15 is 0 Å². The van der Waals surface area contributed by atoms with E-state index in [1.54, 1.807) is 18.3 Å². The van der Waals surface area contributed by atoms with Gasteiger partial charge in [0.25, 0.3) is 0 Å². The highest BCUT2D eigenvalue weighted by molar-refractivity contribution is 7.71. The number of benzene rings is 2. The van der Waals surface area contributed by atoms with Crippen LogP contribution in [0, 0.1) is 10.6 Å². The molecule has 7 heteroatoms. The van der Waals surface area contributed by atoms with Crippen LogP contribution < -0.4 is 4.74 Å². The lowest BCUT2D eigenvalue weighted by Gasteiger charge is -2.04. The fraction of sp³-hybridized carbons (Fsp3) is 0.118. The normalized spacial score (nSPS) is 11.1. The minimum atomic E-state index is -0.290. The minimum Gasteiger partial charge on any atom is -0.494 e. The van der Waals surface area contributed by atoms with Crippen molar-refractivity contribution in [2.24, 2.45) is 5.10 Å². The molecule has 0 aliphatic heterocycles. The molecule has 0 radical (unpaired) electrons. The molecule has 0 bridgehead atoms. The molecular formula is C17H15FN4OS. The van der Waals surface area contributed by atoms with Gasteiger partial charge < -0.3 is 4.74 Å². The maximum Gasteiger partial charge on any atom is 0.216 e. The molecule has 0 atom stereocenters. The molecule has 1 heterocycles. The number of rotatable bonds is 5. The third-order valence-corrected chi connectivity index (χ3v) is 3.53. The smallest absolute Gasteiger partial charge is 0.216 e. The molecule has 0 amide bonds. The Balaban J connectivity index is 1.91. The highest BCUT2D eigenvalue weighted by atomic mass is 32.1. The Hall–Kier alpha value is -2.80. The van der Waals surface area contributed by atoms with Crippen molar-refractivity contribution in [1.82, 2.24) is 14.9 Å². The third kappa shape index (κ3) is 3.57. The molecule has 0 aliphatic carbocycles. The van der Waals surface area contributed by atoms with Gasteiger partial charge in [-0.25, -0.2) is 9.49 Å². The van der Waals surface area contributed by atoms with E-state index in [1.807, 2.05) is 31.2 Å². The second-order valence-electron chi connectivity index (χ2n) is 4.92. The van der Waals surface area contributed by atoms with Gasteiger partial charge in [-0.15, -0.1) is 0 Å². The molecule has 1 aromatic heterocycles. The van der Waals surface area contributed by atoms with Gasteiger partial charge >= 0.3 is 0 Å². The summed E-state index contributed by atoms with van der Waals surface area (Å²) in [5, 5.41) is 11.3. The van der Waals surface area contributed by atoms with Crippen LogP contribution in [0.3, 0.4) is 0 Å². The van der Waals surface area contributed by atoms with E-state index in [0.29, 0.717) is 17.2 Å². The van der Waals surface area contributed by atoms with Crippen LogP contribution in [0.2, 0.25) is 0 Å². The summed E-state index contributed by atoms with van der Waals surface area (Å²) in [6.07, 6.45) is 1.60. The van der Waals surface area contributed by atoms with E-state index in [-0.39, 0.29) is 5.82 Å². The van der Waals surface area contributed by atoms with Crippen molar-refractivity contribution in [2.45, 2.75) is 6.92 Å². The first-order valence-corrected chi connectivity index (χ1v) is 7.79. The first kappa shape index (κ1) is 16.1. The Morgan fingerprint density at radius 1 is 1.21 bits per heavy atom. The summed E-state index contributed by atoms with van der Waals surface area (Å²) in [6, 6.07) is 13.5. The van der Waals surface area contributed by atoms with Crippen LogP contribution in [0.4, 0.5) is 4.39 Å². The lowest BCUT2D eigenvalue weighted by molar-refractivity contribution is 0.340. The molecule has 0 unspecified atom stereocenters. The van der Waals surface area contributed by atoms with Gasteiger partial charge in [-0.2, -0.15) is 14.9 Å². The van der Waals surface area contributed by atoms with Gasteiger partial charge in [0.2, 0.25) is 4.77 Å². The van der Waals surface area contributed by atoms with Crippen molar-refractivity contribution >= 4 is 18.4 Å². The number of aromatic amines is 1. The van der Waals surface area contributed by atoms with Gasteiger partial charge in [0.15, 0.2) is 5.82 Å². The summed E-state index contributed by atoms with van der Waals surface area (Å²) in [5.74, 6) is 1.08. The maximum absolute atomic E-state index is 12.9. The van der Waals surface area contributed by atoms with Gasteiger partial charge in [0.1, 0.15) is 11.6 Å². The predicted octanol–water partition coefficient (Wildman–Crippen LogP) is 4.03. The van der Waals surface area contributed by atoms with Crippen molar-refractivity contribution in [3.8, 4) is 17.1 Å². The van der Waals surface area contributed by atoms with Gasteiger partial charge in [0, 0.05) is 5.56 Å². The summed E-state index contributed by atoms with van der Waals surface area (Å²) in [6.45, 7) is 2.54. The molecule has 3 aromatic rings. The van der Waals surface area contributed by atoms with Crippen LogP contribution in [-0.4, -0.2) is 27.7 Å². The van der Waals surface area contributed by atoms with E-state index < -0.39 is 0 Å². The minimum absolute atomic E-state index is 0.290. The summed E-state index contributed by atoms with van der Waals surface area (Å²) in [5.41, 5.74) is 1.61. The fourth-order valence-electron chi connectivity index (χ4n) is 2.13. The van der Waals surface area contributed by atoms with Gasteiger partial charge in [0.05, 0.1) is 12.8 Å². The monoisotopic (exact) mass is 342 g/mol. The second-order valence-corrected chi connectivity index (χ2v) is 5.30. The molecule has 2 aromatic carbocycles. The molecule has 0 saturated carbocycles. The number of nitrogens with one attached hydrogen (secondary N) is 1. The quantitative estimate of drug-likeness (QED) is 0.563. The number of ether oxygens (including phenoxy) is 1. The van der Waals surface area contributed by atoms with Crippen LogP contribution in [0.15, 0.2) is 53.6 Å². The average Bonchev–Trinajstić information content (AvgIpc) is 2.96. The van der Waals surface area contributed by atoms with E-state index in [4.69, 9.17) is 17.0 Å². The molecule has 5 nitrogen and oxygen atoms in total. The zero-order chi connectivity index (χ0) is 16.9. The largest absolute Gasteiger partial charge is 0.494 e. The van der Waals surface area contributed by atoms with Crippen molar-refractivity contribution in [2.75, 3.05) is 6.61 Å². The third-order valence-electron chi connectivity index (χ3n) is 3.27. The Morgan fingerprint density at radius 3 is 2.58 bits per heavy atom. The zero-order valence-electron chi connectivity index (χ0n) is 12.9. The highest BCUT2D eigenvalue weighted by Gasteiger charge is 2.08. The van der Waals surface area contributed by atoms with E-state index in [9.17, 15) is 4.39 Å². The summed E-state index contributed by atoms with van der Waals surface area (Å²) < 4.78 is 20.3. The van der Waals surface area contributed by atoms with Gasteiger partial charge in [-0.05, 0) is 61.1 Å². The molecule has 0 saturated heterocycles. The van der Waals surface area contributed by atoms with Crippen LogP contribution in [-0.2, 0) is 0 Å². The number of hydrogen-bond donors (Lipinski definition) is 1. The molecule has 122 valence electrons. The average molecular weight is 342 g/mol. The van der Waals surface area contributed by atoms with Gasteiger partial charge in [-0.1, -0.05) is 12.1 Å². The predicted molar refractivity (Wildman–Crippen MR) is 93.4 cm³/mol. The number of nitrogens with zero attached hydrogens (tertiary/aromatic N) is 3. The first-order valence-electron chi connectivity index (χ1n) is 7.38. The van der Waals surface area contributed by atoms with Crippen molar-refractivity contribution in [3.05, 3.63) is 64.7 Å². The Kier molecular flexibility index (Phi) is 4.81. The van der Waals surface area contributed by atoms with Crippen LogP contribution in [0.25, 0.3) is 11.4 Å². The van der Waals surface area contributed by atoms with Crippen LogP contribution >= 0.6 is 12.2 Å². The fourth-order valence-corrected chi connectivity index (χ4v) is 2.31. The Morgan fingerprint density at radius 2 is 1.92 bits per heavy atom. The topological polar surface area (TPSA) is 55.2 Å². The number of aromatic nitrogens is 3. The molecule has 0 fully saturated rings. The van der Waals surface area contributed by atoms with Crippen molar-refractivity contribution < 1.29 is 9.13 Å². The molecule has 24 heavy (non-hydrogen) atoms. The van der Waals surface area contributed by atoms with Gasteiger partial charge in [-0.3, -0.25) is 0 Å². The molecule has 1 N–H and O–H groups in total. The lowest BCUT2D eigenvalue weighted by atomic mass is 10.2. The number of halogens is 1. The zero-order valence-corrected chi connectivity index (χ0v) is 13.8. The Bertz CT molecular complexity index is 898. The SMILES string of the molecule is CCOc1ccc(-c2n[nH]c(=S)n2/N=C\c2ccc(F)cc2)cc1. The van der Waals surface area contributed by atoms with E-state index in [1.165, 1.54) is 16.8 Å². The number of hydrogen-bond acceptors (Lipinski definition) is 4. The van der Waals surface area contributed by atoms with Crippen molar-refractivity contribution in [3.63, 3.8) is 0 Å². The van der Waals surface area contributed by atoms with E-state index in [2.05, 4.69) is 15.3 Å². The summed E-state index contributed by atoms with van der Waals surface area (Å²) in [7, 11) is 0. The van der Waals surface area contributed by atoms with Crippen LogP contribution in [0.1, 0.15) is 12.5 Å². The summed E-state index contributed by atoms with van der Waals surface area (Å²) >= 11 is 5.22. The number of H-pyrrole nitrogens is 1. The van der Waals surface area contributed by atoms with Crippen molar-refractivity contribution in [1.29, 1.82) is 0 Å². The molecule has 0 spiro atoms. The standard InChI is InChI=1S/C17H15FN4OS/c1-2-23-15-9-5-13(6-10-15)16-20-21-17(24)22(16)19-11-12-3-7-14(18)8-4-12/h3-11H,2H2,1H3,(H,21,24)/b19-11-. The maximum atomic E-state index is 12.9. The lowest BCUT2D eigenvalue weighted by Crippen LogP contribution is -1.96. The van der Waals surface area contributed by atoms with Crippen LogP contribution in [0.5, 0.6) is 5.75 Å². The van der Waals surface area contributed by atoms with E-state index in [0.717, 1.165) is 16.9 Å².